The average Bonchev–Trinajstić information content (AvgIpc) is 3.45. The first-order valence-electron chi connectivity index (χ1n) is 10.7. The number of rotatable bonds is 6. The molecule has 0 fully saturated rings. The van der Waals surface area contributed by atoms with E-state index in [0.29, 0.717) is 33.3 Å². The lowest BCUT2D eigenvalue weighted by Gasteiger charge is -2.12. The maximum absolute atomic E-state index is 13.4. The SMILES string of the molecule is Cc1cccc(-n2c(SCC(=O)c3cc(C)n(-c4ccon4)c3C)nc3ccccc3c2=O)n1. The molecule has 0 N–H and O–H groups in total. The van der Waals surface area contributed by atoms with Crippen molar-refractivity contribution >= 4 is 28.4 Å². The summed E-state index contributed by atoms with van der Waals surface area (Å²) in [6.45, 7) is 5.65. The lowest BCUT2D eigenvalue weighted by atomic mass is 10.2. The van der Waals surface area contributed by atoms with E-state index < -0.39 is 0 Å². The van der Waals surface area contributed by atoms with Crippen LogP contribution in [0.4, 0.5) is 0 Å². The minimum atomic E-state index is -0.220. The minimum absolute atomic E-state index is 0.0704. The summed E-state index contributed by atoms with van der Waals surface area (Å²) in [5, 5.41) is 4.90. The van der Waals surface area contributed by atoms with Gasteiger partial charge in [0.2, 0.25) is 0 Å². The summed E-state index contributed by atoms with van der Waals surface area (Å²) in [6, 6.07) is 16.2. The van der Waals surface area contributed by atoms with Crippen LogP contribution in [0.1, 0.15) is 27.4 Å². The van der Waals surface area contributed by atoms with Crippen molar-refractivity contribution < 1.29 is 9.32 Å². The summed E-state index contributed by atoms with van der Waals surface area (Å²) in [7, 11) is 0. The molecule has 4 aromatic heterocycles. The lowest BCUT2D eigenvalue weighted by molar-refractivity contribution is 0.102. The van der Waals surface area contributed by atoms with Gasteiger partial charge >= 0.3 is 0 Å². The number of benzene rings is 1. The molecular weight excluding hydrogens is 450 g/mol. The van der Waals surface area contributed by atoms with Gasteiger partial charge in [-0.3, -0.25) is 14.2 Å². The Balaban J connectivity index is 1.52. The normalized spacial score (nSPS) is 11.3. The molecule has 8 nitrogen and oxygen atoms in total. The number of nitrogens with zero attached hydrogens (tertiary/aromatic N) is 5. The van der Waals surface area contributed by atoms with Gasteiger partial charge in [0.25, 0.3) is 5.56 Å². The van der Waals surface area contributed by atoms with Crippen LogP contribution in [0, 0.1) is 20.8 Å². The van der Waals surface area contributed by atoms with Gasteiger partial charge in [0, 0.05) is 28.7 Å². The number of ketones is 1. The Bertz CT molecular complexity index is 1580. The smallest absolute Gasteiger partial charge is 0.267 e. The van der Waals surface area contributed by atoms with Gasteiger partial charge in [0.05, 0.1) is 16.7 Å². The predicted octanol–water partition coefficient (Wildman–Crippen LogP) is 4.46. The van der Waals surface area contributed by atoms with E-state index in [1.807, 2.05) is 49.6 Å². The fraction of sp³-hybridized carbons (Fsp3) is 0.160. The van der Waals surface area contributed by atoms with Crippen molar-refractivity contribution in [2.24, 2.45) is 0 Å². The summed E-state index contributed by atoms with van der Waals surface area (Å²) in [5.74, 6) is 1.14. The Kier molecular flexibility index (Phi) is 5.62. The number of carbonyl (C=O) groups is 1. The van der Waals surface area contributed by atoms with Crippen LogP contribution >= 0.6 is 11.8 Å². The second-order valence-electron chi connectivity index (χ2n) is 7.88. The monoisotopic (exact) mass is 471 g/mol. The molecule has 170 valence electrons. The third-order valence-corrected chi connectivity index (χ3v) is 6.50. The first-order chi connectivity index (χ1) is 16.4. The van der Waals surface area contributed by atoms with E-state index in [-0.39, 0.29) is 17.1 Å². The highest BCUT2D eigenvalue weighted by molar-refractivity contribution is 7.99. The first kappa shape index (κ1) is 21.8. The van der Waals surface area contributed by atoms with E-state index in [0.717, 1.165) is 17.1 Å². The molecule has 0 saturated carbocycles. The third kappa shape index (κ3) is 3.84. The fourth-order valence-electron chi connectivity index (χ4n) is 3.99. The Hall–Kier alpha value is -3.98. The molecule has 0 spiro atoms. The predicted molar refractivity (Wildman–Crippen MR) is 130 cm³/mol. The maximum atomic E-state index is 13.4. The molecule has 9 heteroatoms. The van der Waals surface area contributed by atoms with Gasteiger partial charge in [0.15, 0.2) is 16.8 Å². The van der Waals surface area contributed by atoms with Gasteiger partial charge in [-0.1, -0.05) is 35.1 Å². The molecule has 5 rings (SSSR count). The summed E-state index contributed by atoms with van der Waals surface area (Å²) in [6.07, 6.45) is 1.50. The Morgan fingerprint density at radius 2 is 1.79 bits per heavy atom. The Morgan fingerprint density at radius 1 is 0.971 bits per heavy atom. The number of Topliss-reactive ketones (excluding diaryl/α,β-unsaturated/α-hetero) is 1. The zero-order valence-corrected chi connectivity index (χ0v) is 19.7. The highest BCUT2D eigenvalue weighted by atomic mass is 32.2. The topological polar surface area (TPSA) is 95.8 Å². The van der Waals surface area contributed by atoms with E-state index in [4.69, 9.17) is 9.51 Å². The highest BCUT2D eigenvalue weighted by Crippen LogP contribution is 2.25. The number of aryl methyl sites for hydroxylation is 2. The lowest BCUT2D eigenvalue weighted by Crippen LogP contribution is -2.23. The van der Waals surface area contributed by atoms with Crippen molar-refractivity contribution in [1.29, 1.82) is 0 Å². The van der Waals surface area contributed by atoms with Crippen LogP contribution in [0.2, 0.25) is 0 Å². The first-order valence-corrected chi connectivity index (χ1v) is 11.6. The largest absolute Gasteiger partial charge is 0.363 e. The maximum Gasteiger partial charge on any atom is 0.267 e. The van der Waals surface area contributed by atoms with E-state index in [1.54, 1.807) is 30.3 Å². The molecule has 0 unspecified atom stereocenters. The summed E-state index contributed by atoms with van der Waals surface area (Å²) >= 11 is 1.22. The number of fused-ring (bicyclic) bond motifs is 1. The summed E-state index contributed by atoms with van der Waals surface area (Å²) in [4.78, 5) is 35.8. The number of para-hydroxylation sites is 1. The zero-order chi connectivity index (χ0) is 23.8. The number of hydrogen-bond donors (Lipinski definition) is 0. The van der Waals surface area contributed by atoms with Gasteiger partial charge < -0.3 is 4.52 Å². The third-order valence-electron chi connectivity index (χ3n) is 5.56. The van der Waals surface area contributed by atoms with Crippen LogP contribution in [0.5, 0.6) is 0 Å². The number of carbonyl (C=O) groups excluding carboxylic acids is 1. The average molecular weight is 472 g/mol. The Morgan fingerprint density at radius 3 is 2.56 bits per heavy atom. The standard InChI is InChI=1S/C25H21N5O3S/c1-15-7-6-10-22(26-15)30-24(32)18-8-4-5-9-20(18)27-25(30)34-14-21(31)19-13-16(2)29(17(19)3)23-11-12-33-28-23/h4-13H,14H2,1-3H3. The molecule has 0 amide bonds. The van der Waals surface area contributed by atoms with E-state index >= 15 is 0 Å². The molecule has 0 radical (unpaired) electrons. The molecule has 1 aromatic carbocycles. The molecule has 34 heavy (non-hydrogen) atoms. The molecule has 0 saturated heterocycles. The van der Waals surface area contributed by atoms with E-state index in [9.17, 15) is 9.59 Å². The fourth-order valence-corrected chi connectivity index (χ4v) is 4.88. The van der Waals surface area contributed by atoms with Crippen LogP contribution in [-0.2, 0) is 0 Å². The van der Waals surface area contributed by atoms with Crippen LogP contribution in [0.15, 0.2) is 75.3 Å². The number of pyridine rings is 1. The van der Waals surface area contributed by atoms with Crippen molar-refractivity contribution in [2.45, 2.75) is 25.9 Å². The van der Waals surface area contributed by atoms with Gasteiger partial charge in [-0.2, -0.15) is 0 Å². The summed E-state index contributed by atoms with van der Waals surface area (Å²) in [5.41, 5.74) is 3.39. The molecule has 0 aliphatic rings. The second kappa shape index (κ2) is 8.75. The second-order valence-corrected chi connectivity index (χ2v) is 8.82. The van der Waals surface area contributed by atoms with Gasteiger partial charge in [-0.15, -0.1) is 0 Å². The molecule has 0 aliphatic carbocycles. The number of hydrogen-bond acceptors (Lipinski definition) is 7. The van der Waals surface area contributed by atoms with Crippen molar-refractivity contribution in [1.82, 2.24) is 24.3 Å². The molecule has 0 atom stereocenters. The van der Waals surface area contributed by atoms with Gasteiger partial charge in [-0.05, 0) is 51.1 Å². The minimum Gasteiger partial charge on any atom is -0.363 e. The van der Waals surface area contributed by atoms with E-state index in [2.05, 4.69) is 10.1 Å². The Labute approximate surface area is 199 Å². The molecule has 5 aromatic rings. The van der Waals surface area contributed by atoms with Crippen molar-refractivity contribution in [3.8, 4) is 11.6 Å². The van der Waals surface area contributed by atoms with Crippen LogP contribution in [0.25, 0.3) is 22.5 Å². The molecule has 4 heterocycles. The highest BCUT2D eigenvalue weighted by Gasteiger charge is 2.20. The van der Waals surface area contributed by atoms with Gasteiger partial charge in [0.1, 0.15) is 12.1 Å². The number of thioether (sulfide) groups is 1. The molecule has 0 bridgehead atoms. The van der Waals surface area contributed by atoms with Crippen molar-refractivity contribution in [3.05, 3.63) is 93.9 Å². The van der Waals surface area contributed by atoms with E-state index in [1.165, 1.54) is 22.6 Å². The molecule has 0 aliphatic heterocycles. The molecular formula is C25H21N5O3S. The van der Waals surface area contributed by atoms with Crippen LogP contribution < -0.4 is 5.56 Å². The van der Waals surface area contributed by atoms with Crippen LogP contribution in [-0.4, -0.2) is 35.8 Å². The zero-order valence-electron chi connectivity index (χ0n) is 18.8. The van der Waals surface area contributed by atoms with Crippen molar-refractivity contribution in [2.75, 3.05) is 5.75 Å². The quantitative estimate of drug-likeness (QED) is 0.205. The van der Waals surface area contributed by atoms with Crippen molar-refractivity contribution in [3.63, 3.8) is 0 Å². The van der Waals surface area contributed by atoms with Crippen LogP contribution in [0.3, 0.4) is 0 Å². The number of aromatic nitrogens is 5. The van der Waals surface area contributed by atoms with Gasteiger partial charge in [-0.25, -0.2) is 14.5 Å². The summed E-state index contributed by atoms with van der Waals surface area (Å²) < 4.78 is 8.31.